The minimum atomic E-state index is -4.41. The van der Waals surface area contributed by atoms with Crippen LogP contribution in [0.5, 0.6) is 0 Å². The Hall–Kier alpha value is -3.59. The number of phosphoric acid groups is 1. The fourth-order valence-electron chi connectivity index (χ4n) is 5.18. The average Bonchev–Trinajstić information content (AvgIpc) is 3.22. The third-order valence-electron chi connectivity index (χ3n) is 8.36. The maximum absolute atomic E-state index is 12.6. The lowest BCUT2D eigenvalue weighted by Crippen LogP contribution is -2.29. The van der Waals surface area contributed by atoms with E-state index in [1.54, 1.807) is 0 Å². The number of unbranched alkanes of at least 4 members (excludes halogenated alkanes) is 6. The average molecular weight is 840 g/mol. The van der Waals surface area contributed by atoms with Gasteiger partial charge in [-0.2, -0.15) is 0 Å². The van der Waals surface area contributed by atoms with Gasteiger partial charge in [0.1, 0.15) is 6.61 Å². The Morgan fingerprint density at radius 3 is 1.37 bits per heavy atom. The van der Waals surface area contributed by atoms with Crippen LogP contribution < -0.4 is 5.73 Å². The summed E-state index contributed by atoms with van der Waals surface area (Å²) in [6.45, 7) is 3.37. The van der Waals surface area contributed by atoms with Crippen molar-refractivity contribution in [3.63, 3.8) is 0 Å². The van der Waals surface area contributed by atoms with Gasteiger partial charge in [-0.05, 0) is 89.9 Å². The molecule has 10 heteroatoms. The van der Waals surface area contributed by atoms with Gasteiger partial charge in [-0.1, -0.05) is 161 Å². The summed E-state index contributed by atoms with van der Waals surface area (Å²) in [6.07, 6.45) is 59.6. The molecule has 0 heterocycles. The van der Waals surface area contributed by atoms with Gasteiger partial charge < -0.3 is 20.1 Å². The van der Waals surface area contributed by atoms with Gasteiger partial charge in [-0.15, -0.1) is 0 Å². The standard InChI is InChI=1S/C49H78NO8P/c1-3-5-7-9-11-13-15-17-19-21-23-25-27-29-31-33-35-37-39-41-48(51)55-45-47(46-57-59(53,54)56-44-43-50)58-49(52)42-40-38-36-34-32-30-28-26-24-22-20-18-16-14-12-10-8-6-4-2/h5-8,11-14,17-20,23-26,30,32,36,38,47H,3-4,9-10,15-16,21-22,27-29,31,33-35,37,39-46,50H2,1-2H3,(H,53,54)/b7-5-,8-6-,13-11-,14-12-,19-17-,20-18-,25-23-,26-24-,32-30-,38-36-. The summed E-state index contributed by atoms with van der Waals surface area (Å²) in [5, 5.41) is 0. The van der Waals surface area contributed by atoms with Gasteiger partial charge in [0.15, 0.2) is 6.10 Å². The summed E-state index contributed by atoms with van der Waals surface area (Å²) in [7, 11) is -4.41. The van der Waals surface area contributed by atoms with E-state index in [0.717, 1.165) is 103 Å². The minimum absolute atomic E-state index is 0.0323. The molecule has 0 bridgehead atoms. The molecule has 0 aromatic rings. The zero-order chi connectivity index (χ0) is 43.2. The van der Waals surface area contributed by atoms with Crippen LogP contribution in [-0.4, -0.2) is 49.3 Å². The van der Waals surface area contributed by atoms with Crippen LogP contribution in [0.4, 0.5) is 0 Å². The predicted molar refractivity (Wildman–Crippen MR) is 247 cm³/mol. The first-order chi connectivity index (χ1) is 28.8. The molecule has 0 fully saturated rings. The highest BCUT2D eigenvalue weighted by atomic mass is 31.2. The van der Waals surface area contributed by atoms with Crippen LogP contribution in [0.2, 0.25) is 0 Å². The zero-order valence-corrected chi connectivity index (χ0v) is 37.3. The summed E-state index contributed by atoms with van der Waals surface area (Å²) in [6, 6.07) is 0. The number of nitrogens with two attached hydrogens (primary N) is 1. The molecule has 9 nitrogen and oxygen atoms in total. The van der Waals surface area contributed by atoms with Crippen molar-refractivity contribution in [3.8, 4) is 0 Å². The van der Waals surface area contributed by atoms with Crippen molar-refractivity contribution in [1.29, 1.82) is 0 Å². The van der Waals surface area contributed by atoms with Gasteiger partial charge >= 0.3 is 19.8 Å². The molecule has 3 N–H and O–H groups in total. The number of allylic oxidation sites excluding steroid dienone is 20. The summed E-state index contributed by atoms with van der Waals surface area (Å²) >= 11 is 0. The molecule has 0 rings (SSSR count). The van der Waals surface area contributed by atoms with E-state index in [9.17, 15) is 19.0 Å². The van der Waals surface area contributed by atoms with Gasteiger partial charge in [0.2, 0.25) is 0 Å². The van der Waals surface area contributed by atoms with Crippen LogP contribution in [0.3, 0.4) is 0 Å². The van der Waals surface area contributed by atoms with E-state index < -0.39 is 32.5 Å². The number of hydrogen-bond acceptors (Lipinski definition) is 8. The molecule has 0 aliphatic heterocycles. The van der Waals surface area contributed by atoms with E-state index in [1.807, 2.05) is 12.2 Å². The Morgan fingerprint density at radius 1 is 0.508 bits per heavy atom. The molecular formula is C49H78NO8P. The maximum atomic E-state index is 12.6. The molecule has 0 aromatic carbocycles. The van der Waals surface area contributed by atoms with Gasteiger partial charge in [0.25, 0.3) is 0 Å². The summed E-state index contributed by atoms with van der Waals surface area (Å²) in [5.74, 6) is -0.957. The number of phosphoric ester groups is 1. The molecule has 0 amide bonds. The fraction of sp³-hybridized carbons (Fsp3) is 0.551. The van der Waals surface area contributed by atoms with Crippen LogP contribution in [0, 0.1) is 0 Å². The van der Waals surface area contributed by atoms with Crippen LogP contribution in [0.1, 0.15) is 142 Å². The molecule has 0 saturated heterocycles. The van der Waals surface area contributed by atoms with Gasteiger partial charge in [0.05, 0.1) is 13.2 Å². The molecule has 0 aliphatic carbocycles. The Kier molecular flexibility index (Phi) is 41.3. The van der Waals surface area contributed by atoms with Crippen molar-refractivity contribution < 1.29 is 37.6 Å². The van der Waals surface area contributed by atoms with Gasteiger partial charge in [0, 0.05) is 19.4 Å². The Labute approximate surface area is 358 Å². The maximum Gasteiger partial charge on any atom is 0.472 e. The lowest BCUT2D eigenvalue weighted by molar-refractivity contribution is -0.161. The molecule has 0 saturated carbocycles. The van der Waals surface area contributed by atoms with Crippen molar-refractivity contribution >= 4 is 19.8 Å². The number of carbonyl (C=O) groups excluding carboxylic acids is 2. The first-order valence-electron chi connectivity index (χ1n) is 22.0. The quantitative estimate of drug-likeness (QED) is 0.0268. The van der Waals surface area contributed by atoms with E-state index in [-0.39, 0.29) is 32.6 Å². The van der Waals surface area contributed by atoms with Crippen molar-refractivity contribution in [1.82, 2.24) is 0 Å². The summed E-state index contributed by atoms with van der Waals surface area (Å²) in [5.41, 5.74) is 5.34. The lowest BCUT2D eigenvalue weighted by Gasteiger charge is -2.19. The van der Waals surface area contributed by atoms with E-state index >= 15 is 0 Å². The number of hydrogen-bond donors (Lipinski definition) is 2. The second-order valence-electron chi connectivity index (χ2n) is 13.8. The van der Waals surface area contributed by atoms with E-state index in [0.29, 0.717) is 12.8 Å². The first kappa shape index (κ1) is 55.4. The van der Waals surface area contributed by atoms with Crippen molar-refractivity contribution in [2.75, 3.05) is 26.4 Å². The third kappa shape index (κ3) is 43.8. The molecule has 0 aliphatic rings. The number of ether oxygens (including phenoxy) is 2. The Morgan fingerprint density at radius 2 is 0.915 bits per heavy atom. The second kappa shape index (κ2) is 44.0. The molecule has 332 valence electrons. The van der Waals surface area contributed by atoms with Crippen molar-refractivity contribution in [3.05, 3.63) is 122 Å². The van der Waals surface area contributed by atoms with Crippen LogP contribution in [-0.2, 0) is 32.7 Å². The van der Waals surface area contributed by atoms with Crippen molar-refractivity contribution in [2.45, 2.75) is 148 Å². The summed E-state index contributed by atoms with van der Waals surface area (Å²) in [4.78, 5) is 34.9. The molecule has 0 radical (unpaired) electrons. The monoisotopic (exact) mass is 840 g/mol. The highest BCUT2D eigenvalue weighted by Crippen LogP contribution is 2.43. The molecular weight excluding hydrogens is 762 g/mol. The highest BCUT2D eigenvalue weighted by molar-refractivity contribution is 7.47. The third-order valence-corrected chi connectivity index (χ3v) is 9.34. The second-order valence-corrected chi connectivity index (χ2v) is 15.2. The van der Waals surface area contributed by atoms with E-state index in [4.69, 9.17) is 24.3 Å². The SMILES string of the molecule is CC/C=C\C/C=C\C/C=C\C/C=C\C/C=C\C/C=C\CCC(=O)OC(COC(=O)CCCCCCCC/C=C\C/C=C\C/C=C\C/C=C\CC)COP(=O)(O)OCCN. The predicted octanol–water partition coefficient (Wildman–Crippen LogP) is 12.9. The number of esters is 2. The van der Waals surface area contributed by atoms with Crippen molar-refractivity contribution in [2.24, 2.45) is 5.73 Å². The van der Waals surface area contributed by atoms with Crippen LogP contribution in [0.15, 0.2) is 122 Å². The molecule has 59 heavy (non-hydrogen) atoms. The Bertz CT molecular complexity index is 1370. The topological polar surface area (TPSA) is 134 Å². The first-order valence-corrected chi connectivity index (χ1v) is 23.5. The summed E-state index contributed by atoms with van der Waals surface area (Å²) < 4.78 is 32.7. The molecule has 2 atom stereocenters. The lowest BCUT2D eigenvalue weighted by atomic mass is 10.1. The minimum Gasteiger partial charge on any atom is -0.462 e. The molecule has 0 spiro atoms. The molecule has 0 aromatic heterocycles. The fourth-order valence-corrected chi connectivity index (χ4v) is 5.94. The van der Waals surface area contributed by atoms with E-state index in [2.05, 4.69) is 123 Å². The zero-order valence-electron chi connectivity index (χ0n) is 36.4. The highest BCUT2D eigenvalue weighted by Gasteiger charge is 2.25. The van der Waals surface area contributed by atoms with Crippen LogP contribution in [0.25, 0.3) is 0 Å². The van der Waals surface area contributed by atoms with Gasteiger partial charge in [-0.25, -0.2) is 4.57 Å². The number of carbonyl (C=O) groups is 2. The molecule has 2 unspecified atom stereocenters. The smallest absolute Gasteiger partial charge is 0.462 e. The normalized spacial score (nSPS) is 14.4. The van der Waals surface area contributed by atoms with Crippen LogP contribution >= 0.6 is 7.82 Å². The Balaban J connectivity index is 4.32. The number of rotatable bonds is 39. The largest absolute Gasteiger partial charge is 0.472 e. The van der Waals surface area contributed by atoms with E-state index in [1.165, 1.54) is 0 Å². The van der Waals surface area contributed by atoms with Gasteiger partial charge in [-0.3, -0.25) is 18.6 Å².